The zero-order chi connectivity index (χ0) is 27.1. The summed E-state index contributed by atoms with van der Waals surface area (Å²) < 4.78 is 31.8. The molecule has 1 unspecified atom stereocenters. The summed E-state index contributed by atoms with van der Waals surface area (Å²) in [5, 5.41) is 3.28. The maximum Gasteiger partial charge on any atom is 0.260 e. The van der Waals surface area contributed by atoms with Gasteiger partial charge in [0.05, 0.1) is 26.4 Å². The fourth-order valence-corrected chi connectivity index (χ4v) is 4.94. The Balaban J connectivity index is 1.51. The monoisotopic (exact) mass is 604 g/mol. The predicted octanol–water partition coefficient (Wildman–Crippen LogP) is 5.20. The minimum Gasteiger partial charge on any atom is -0.493 e. The van der Waals surface area contributed by atoms with E-state index in [9.17, 15) is 14.0 Å². The molecule has 1 aliphatic heterocycles. The van der Waals surface area contributed by atoms with E-state index in [1.807, 2.05) is 24.3 Å². The number of carbonyl (C=O) groups is 2. The van der Waals surface area contributed by atoms with Crippen LogP contribution in [0.15, 0.2) is 65.1 Å². The largest absolute Gasteiger partial charge is 0.493 e. The summed E-state index contributed by atoms with van der Waals surface area (Å²) in [5.74, 6) is -0.348. The van der Waals surface area contributed by atoms with E-state index < -0.39 is 17.8 Å². The van der Waals surface area contributed by atoms with Crippen LogP contribution < -0.4 is 14.8 Å². The van der Waals surface area contributed by atoms with Crippen LogP contribution in [0, 0.1) is 5.82 Å². The predicted molar refractivity (Wildman–Crippen MR) is 145 cm³/mol. The van der Waals surface area contributed by atoms with Crippen molar-refractivity contribution in [3.05, 3.63) is 92.7 Å². The molecule has 0 radical (unpaired) electrons. The van der Waals surface area contributed by atoms with Gasteiger partial charge in [-0.2, -0.15) is 0 Å². The van der Waals surface area contributed by atoms with Gasteiger partial charge >= 0.3 is 0 Å². The minimum absolute atomic E-state index is 0.141. The molecule has 200 valence electrons. The zero-order valence-corrected chi connectivity index (χ0v) is 23.1. The van der Waals surface area contributed by atoms with Crippen LogP contribution >= 0.6 is 27.5 Å². The lowest BCUT2D eigenvalue weighted by atomic mass is 9.98. The number of nitrogens with one attached hydrogen (secondary N) is 1. The topological polar surface area (TPSA) is 77.1 Å². The molecule has 0 spiro atoms. The Bertz CT molecular complexity index is 1280. The number of benzene rings is 3. The second kappa shape index (κ2) is 13.1. The maximum absolute atomic E-state index is 14.6. The SMILES string of the molecule is COc1cc(C(=O)NC(Cc2c(F)cccc2Cl)c2ccccc2Br)ccc1OCC(=O)N1CCOCC1. The summed E-state index contributed by atoms with van der Waals surface area (Å²) in [6, 6.07) is 16.0. The summed E-state index contributed by atoms with van der Waals surface area (Å²) in [7, 11) is 1.46. The molecule has 10 heteroatoms. The van der Waals surface area contributed by atoms with Gasteiger partial charge in [-0.15, -0.1) is 0 Å². The Kier molecular flexibility index (Phi) is 9.60. The average Bonchev–Trinajstić information content (AvgIpc) is 2.93. The van der Waals surface area contributed by atoms with Crippen LogP contribution in [0.4, 0.5) is 4.39 Å². The van der Waals surface area contributed by atoms with E-state index in [1.54, 1.807) is 23.1 Å². The van der Waals surface area contributed by atoms with Crippen LogP contribution in [0.5, 0.6) is 11.5 Å². The molecule has 1 aliphatic rings. The molecule has 0 aromatic heterocycles. The molecule has 3 aromatic carbocycles. The second-order valence-electron chi connectivity index (χ2n) is 8.60. The summed E-state index contributed by atoms with van der Waals surface area (Å²) in [6.45, 7) is 1.89. The average molecular weight is 606 g/mol. The molecule has 1 N–H and O–H groups in total. The van der Waals surface area contributed by atoms with Gasteiger partial charge in [0.1, 0.15) is 5.82 Å². The van der Waals surface area contributed by atoms with Crippen molar-refractivity contribution < 1.29 is 28.2 Å². The summed E-state index contributed by atoms with van der Waals surface area (Å²) in [5.41, 5.74) is 1.39. The molecule has 1 fully saturated rings. The molecular formula is C28H27BrClFN2O5. The van der Waals surface area contributed by atoms with Gasteiger partial charge < -0.3 is 24.4 Å². The van der Waals surface area contributed by atoms with E-state index in [2.05, 4.69) is 21.2 Å². The van der Waals surface area contributed by atoms with Crippen LogP contribution in [0.1, 0.15) is 27.5 Å². The van der Waals surface area contributed by atoms with Crippen molar-refractivity contribution in [2.24, 2.45) is 0 Å². The number of nitrogens with zero attached hydrogens (tertiary/aromatic N) is 1. The highest BCUT2D eigenvalue weighted by atomic mass is 79.9. The standard InChI is InChI=1S/C28H27BrClFN2O5/c1-36-26-15-18(9-10-25(26)38-17-27(34)33-11-13-37-14-12-33)28(35)32-24(19-5-2-3-6-21(19)29)16-20-22(30)7-4-8-23(20)31/h2-10,15,24H,11-14,16-17H2,1H3,(H,32,35). The lowest BCUT2D eigenvalue weighted by Crippen LogP contribution is -2.43. The van der Waals surface area contributed by atoms with Gasteiger partial charge in [-0.25, -0.2) is 4.39 Å². The van der Waals surface area contributed by atoms with Crippen molar-refractivity contribution in [2.45, 2.75) is 12.5 Å². The molecule has 1 atom stereocenters. The molecule has 2 amide bonds. The molecule has 38 heavy (non-hydrogen) atoms. The lowest BCUT2D eigenvalue weighted by Gasteiger charge is -2.26. The Labute approximate surface area is 233 Å². The first-order valence-corrected chi connectivity index (χ1v) is 13.2. The van der Waals surface area contributed by atoms with Gasteiger partial charge in [0.15, 0.2) is 18.1 Å². The highest BCUT2D eigenvalue weighted by Crippen LogP contribution is 2.32. The number of rotatable bonds is 9. The molecule has 4 rings (SSSR count). The molecule has 7 nitrogen and oxygen atoms in total. The van der Waals surface area contributed by atoms with Gasteiger partial charge in [0.25, 0.3) is 11.8 Å². The minimum atomic E-state index is -0.583. The number of halogens is 3. The number of amides is 2. The second-order valence-corrected chi connectivity index (χ2v) is 9.86. The van der Waals surface area contributed by atoms with Crippen molar-refractivity contribution in [1.29, 1.82) is 0 Å². The Morgan fingerprint density at radius 2 is 1.87 bits per heavy atom. The third-order valence-electron chi connectivity index (χ3n) is 6.20. The fourth-order valence-electron chi connectivity index (χ4n) is 4.14. The molecule has 0 bridgehead atoms. The van der Waals surface area contributed by atoms with Gasteiger partial charge in [-0.05, 0) is 42.0 Å². The van der Waals surface area contributed by atoms with E-state index in [1.165, 1.54) is 25.3 Å². The van der Waals surface area contributed by atoms with Crippen molar-refractivity contribution in [3.63, 3.8) is 0 Å². The molecular weight excluding hydrogens is 579 g/mol. The molecule has 3 aromatic rings. The molecule has 1 heterocycles. The van der Waals surface area contributed by atoms with E-state index in [0.29, 0.717) is 48.9 Å². The third kappa shape index (κ3) is 6.83. The molecule has 0 saturated carbocycles. The number of ether oxygens (including phenoxy) is 3. The highest BCUT2D eigenvalue weighted by molar-refractivity contribution is 9.10. The number of morpholine rings is 1. The first-order chi connectivity index (χ1) is 18.4. The first kappa shape index (κ1) is 27.9. The lowest BCUT2D eigenvalue weighted by molar-refractivity contribution is -0.137. The van der Waals surface area contributed by atoms with Crippen molar-refractivity contribution >= 4 is 39.3 Å². The Hall–Kier alpha value is -3.14. The smallest absolute Gasteiger partial charge is 0.260 e. The quantitative estimate of drug-likeness (QED) is 0.363. The number of carbonyl (C=O) groups excluding carboxylic acids is 2. The normalized spacial score (nSPS) is 14.1. The highest BCUT2D eigenvalue weighted by Gasteiger charge is 2.23. The maximum atomic E-state index is 14.6. The van der Waals surface area contributed by atoms with Crippen LogP contribution in [0.25, 0.3) is 0 Å². The number of hydrogen-bond acceptors (Lipinski definition) is 5. The fraction of sp³-hybridized carbons (Fsp3) is 0.286. The van der Waals surface area contributed by atoms with Gasteiger partial charge in [-0.1, -0.05) is 51.8 Å². The van der Waals surface area contributed by atoms with Crippen LogP contribution in [-0.4, -0.2) is 56.7 Å². The number of hydrogen-bond donors (Lipinski definition) is 1. The van der Waals surface area contributed by atoms with Gasteiger partial charge in [-0.3, -0.25) is 9.59 Å². The van der Waals surface area contributed by atoms with E-state index in [0.717, 1.165) is 10.0 Å². The summed E-state index contributed by atoms with van der Waals surface area (Å²) >= 11 is 9.82. The number of methoxy groups -OCH3 is 1. The van der Waals surface area contributed by atoms with Crippen LogP contribution in [-0.2, 0) is 16.0 Å². The summed E-state index contributed by atoms with van der Waals surface area (Å²) in [4.78, 5) is 27.4. The Morgan fingerprint density at radius 3 is 2.58 bits per heavy atom. The van der Waals surface area contributed by atoms with Crippen molar-refractivity contribution in [1.82, 2.24) is 10.2 Å². The van der Waals surface area contributed by atoms with Crippen LogP contribution in [0.3, 0.4) is 0 Å². The first-order valence-electron chi connectivity index (χ1n) is 12.0. The van der Waals surface area contributed by atoms with Crippen LogP contribution in [0.2, 0.25) is 5.02 Å². The molecule has 0 aliphatic carbocycles. The van der Waals surface area contributed by atoms with Crippen molar-refractivity contribution in [3.8, 4) is 11.5 Å². The third-order valence-corrected chi connectivity index (χ3v) is 7.27. The van der Waals surface area contributed by atoms with E-state index in [4.69, 9.17) is 25.8 Å². The summed E-state index contributed by atoms with van der Waals surface area (Å²) in [6.07, 6.45) is 0.141. The van der Waals surface area contributed by atoms with Crippen molar-refractivity contribution in [2.75, 3.05) is 40.0 Å². The molecule has 1 saturated heterocycles. The van der Waals surface area contributed by atoms with Gasteiger partial charge in [0.2, 0.25) is 0 Å². The van der Waals surface area contributed by atoms with E-state index >= 15 is 0 Å². The van der Waals surface area contributed by atoms with E-state index in [-0.39, 0.29) is 24.0 Å². The zero-order valence-electron chi connectivity index (χ0n) is 20.7. The Morgan fingerprint density at radius 1 is 1.11 bits per heavy atom. The van der Waals surface area contributed by atoms with Gasteiger partial charge in [0, 0.05) is 40.1 Å².